The van der Waals surface area contributed by atoms with E-state index in [0.717, 1.165) is 48.8 Å². The van der Waals surface area contributed by atoms with Crippen LogP contribution in [0.4, 0.5) is 11.4 Å². The lowest BCUT2D eigenvalue weighted by molar-refractivity contribution is 0.0691. The van der Waals surface area contributed by atoms with Crippen molar-refractivity contribution in [3.63, 3.8) is 0 Å². The van der Waals surface area contributed by atoms with Gasteiger partial charge in [0.1, 0.15) is 5.69 Å². The summed E-state index contributed by atoms with van der Waals surface area (Å²) in [5, 5.41) is 3.29. The van der Waals surface area contributed by atoms with Crippen molar-refractivity contribution in [2.24, 2.45) is 5.92 Å². The number of fused-ring (bicyclic) bond motifs is 1. The Morgan fingerprint density at radius 2 is 1.88 bits per heavy atom. The van der Waals surface area contributed by atoms with Crippen LogP contribution in [0.25, 0.3) is 0 Å². The van der Waals surface area contributed by atoms with E-state index in [9.17, 15) is 4.79 Å². The van der Waals surface area contributed by atoms with E-state index in [2.05, 4.69) is 17.2 Å². The van der Waals surface area contributed by atoms with Crippen molar-refractivity contribution in [1.82, 2.24) is 9.88 Å². The second-order valence-corrected chi connectivity index (χ2v) is 6.60. The number of nitrogens with zero attached hydrogens (tertiary/aromatic N) is 2. The van der Waals surface area contributed by atoms with Gasteiger partial charge in [0.2, 0.25) is 6.79 Å². The molecule has 0 spiro atoms. The van der Waals surface area contributed by atoms with Gasteiger partial charge in [0.05, 0.1) is 0 Å². The molecule has 0 saturated carbocycles. The van der Waals surface area contributed by atoms with Crippen LogP contribution in [0.1, 0.15) is 30.3 Å². The maximum absolute atomic E-state index is 12.7. The Morgan fingerprint density at radius 1 is 1.12 bits per heavy atom. The van der Waals surface area contributed by atoms with E-state index in [4.69, 9.17) is 9.47 Å². The van der Waals surface area contributed by atoms with Crippen molar-refractivity contribution in [3.8, 4) is 11.5 Å². The zero-order valence-corrected chi connectivity index (χ0v) is 14.2. The molecule has 1 fully saturated rings. The van der Waals surface area contributed by atoms with E-state index in [1.807, 2.05) is 29.2 Å². The number of nitrogens with one attached hydrogen (secondary N) is 1. The molecule has 0 unspecified atom stereocenters. The van der Waals surface area contributed by atoms with Crippen LogP contribution in [-0.4, -0.2) is 35.7 Å². The molecule has 3 heterocycles. The van der Waals surface area contributed by atoms with Crippen LogP contribution >= 0.6 is 0 Å². The first-order valence-corrected chi connectivity index (χ1v) is 8.61. The summed E-state index contributed by atoms with van der Waals surface area (Å²) in [6.45, 7) is 4.10. The minimum atomic E-state index is 0.00115. The van der Waals surface area contributed by atoms with Crippen molar-refractivity contribution in [3.05, 3.63) is 42.2 Å². The van der Waals surface area contributed by atoms with E-state index in [1.165, 1.54) is 0 Å². The van der Waals surface area contributed by atoms with Crippen molar-refractivity contribution < 1.29 is 14.3 Å². The van der Waals surface area contributed by atoms with Gasteiger partial charge in [-0.2, -0.15) is 0 Å². The number of carbonyl (C=O) groups is 1. The number of anilines is 2. The fourth-order valence-corrected chi connectivity index (χ4v) is 3.14. The molecule has 0 bridgehead atoms. The Morgan fingerprint density at radius 3 is 2.72 bits per heavy atom. The highest BCUT2D eigenvalue weighted by Crippen LogP contribution is 2.35. The molecule has 0 aliphatic carbocycles. The number of carbonyl (C=O) groups excluding carboxylic acids is 1. The first-order chi connectivity index (χ1) is 12.2. The van der Waals surface area contributed by atoms with Crippen LogP contribution in [-0.2, 0) is 0 Å². The van der Waals surface area contributed by atoms with Gasteiger partial charge in [-0.15, -0.1) is 0 Å². The Balaban J connectivity index is 1.48. The summed E-state index contributed by atoms with van der Waals surface area (Å²) in [7, 11) is 0. The predicted molar refractivity (Wildman–Crippen MR) is 94.4 cm³/mol. The molecule has 2 aliphatic heterocycles. The fraction of sp³-hybridized carbons (Fsp3) is 0.368. The van der Waals surface area contributed by atoms with E-state index in [-0.39, 0.29) is 12.7 Å². The van der Waals surface area contributed by atoms with Crippen LogP contribution in [0.2, 0.25) is 0 Å². The van der Waals surface area contributed by atoms with Crippen molar-refractivity contribution in [1.29, 1.82) is 0 Å². The number of ether oxygens (including phenoxy) is 2. The van der Waals surface area contributed by atoms with Gasteiger partial charge in [0, 0.05) is 36.7 Å². The molecule has 6 heteroatoms. The van der Waals surface area contributed by atoms with E-state index < -0.39 is 0 Å². The van der Waals surface area contributed by atoms with Gasteiger partial charge in [0.15, 0.2) is 11.5 Å². The minimum absolute atomic E-state index is 0.00115. The standard InChI is InChI=1S/C19H21N3O3/c1-13-5-8-22(9-6-13)19(23)16-10-15(4-7-20-16)21-14-2-3-17-18(11-14)25-12-24-17/h2-4,7,10-11,13H,5-6,8-9,12H2,1H3,(H,20,21). The van der Waals surface area contributed by atoms with Gasteiger partial charge >= 0.3 is 0 Å². The van der Waals surface area contributed by atoms with Crippen LogP contribution in [0, 0.1) is 5.92 Å². The summed E-state index contributed by atoms with van der Waals surface area (Å²) in [5.74, 6) is 2.16. The summed E-state index contributed by atoms with van der Waals surface area (Å²) < 4.78 is 10.7. The Labute approximate surface area is 146 Å². The molecule has 4 rings (SSSR count). The third-order valence-electron chi connectivity index (χ3n) is 4.71. The largest absolute Gasteiger partial charge is 0.454 e. The Hall–Kier alpha value is -2.76. The van der Waals surface area contributed by atoms with Gasteiger partial charge in [-0.05, 0) is 43.0 Å². The number of benzene rings is 1. The maximum atomic E-state index is 12.7. The second-order valence-electron chi connectivity index (χ2n) is 6.60. The fourth-order valence-electron chi connectivity index (χ4n) is 3.14. The summed E-state index contributed by atoms with van der Waals surface area (Å²) in [4.78, 5) is 18.8. The van der Waals surface area contributed by atoms with Crippen LogP contribution in [0.15, 0.2) is 36.5 Å². The quantitative estimate of drug-likeness (QED) is 0.928. The molecule has 0 radical (unpaired) electrons. The molecular weight excluding hydrogens is 318 g/mol. The number of piperidine rings is 1. The van der Waals surface area contributed by atoms with E-state index >= 15 is 0 Å². The monoisotopic (exact) mass is 339 g/mol. The van der Waals surface area contributed by atoms with Crippen molar-refractivity contribution in [2.45, 2.75) is 19.8 Å². The highest BCUT2D eigenvalue weighted by molar-refractivity contribution is 5.93. The highest BCUT2D eigenvalue weighted by atomic mass is 16.7. The normalized spacial score (nSPS) is 16.8. The van der Waals surface area contributed by atoms with Crippen LogP contribution < -0.4 is 14.8 Å². The van der Waals surface area contributed by atoms with E-state index in [1.54, 1.807) is 12.3 Å². The number of amides is 1. The van der Waals surface area contributed by atoms with Crippen molar-refractivity contribution in [2.75, 3.05) is 25.2 Å². The number of rotatable bonds is 3. The summed E-state index contributed by atoms with van der Waals surface area (Å²) >= 11 is 0. The molecule has 1 aromatic heterocycles. The van der Waals surface area contributed by atoms with Gasteiger partial charge in [-0.1, -0.05) is 6.92 Å². The number of pyridine rings is 1. The smallest absolute Gasteiger partial charge is 0.272 e. The number of likely N-dealkylation sites (tertiary alicyclic amines) is 1. The zero-order valence-electron chi connectivity index (χ0n) is 14.2. The predicted octanol–water partition coefficient (Wildman–Crippen LogP) is 3.43. The van der Waals surface area contributed by atoms with Crippen LogP contribution in [0.5, 0.6) is 11.5 Å². The molecule has 25 heavy (non-hydrogen) atoms. The lowest BCUT2D eigenvalue weighted by Gasteiger charge is -2.30. The second kappa shape index (κ2) is 6.63. The van der Waals surface area contributed by atoms with Gasteiger partial charge in [-0.3, -0.25) is 9.78 Å². The Bertz CT molecular complexity index is 785. The molecule has 0 atom stereocenters. The SMILES string of the molecule is CC1CCN(C(=O)c2cc(Nc3ccc4c(c3)OCO4)ccn2)CC1. The molecular formula is C19H21N3O3. The average Bonchev–Trinajstić information content (AvgIpc) is 3.10. The molecule has 2 aliphatic rings. The summed E-state index contributed by atoms with van der Waals surface area (Å²) in [6.07, 6.45) is 3.77. The molecule has 1 saturated heterocycles. The van der Waals surface area contributed by atoms with Gasteiger partial charge < -0.3 is 19.7 Å². The lowest BCUT2D eigenvalue weighted by atomic mass is 9.99. The van der Waals surface area contributed by atoms with Gasteiger partial charge in [-0.25, -0.2) is 0 Å². The molecule has 130 valence electrons. The molecule has 6 nitrogen and oxygen atoms in total. The summed E-state index contributed by atoms with van der Waals surface area (Å²) in [5.41, 5.74) is 2.17. The lowest BCUT2D eigenvalue weighted by Crippen LogP contribution is -2.38. The third kappa shape index (κ3) is 3.38. The van der Waals surface area contributed by atoms with E-state index in [0.29, 0.717) is 11.6 Å². The highest BCUT2D eigenvalue weighted by Gasteiger charge is 2.22. The number of hydrogen-bond acceptors (Lipinski definition) is 5. The molecule has 2 aromatic rings. The Kier molecular flexibility index (Phi) is 4.17. The maximum Gasteiger partial charge on any atom is 0.272 e. The van der Waals surface area contributed by atoms with Crippen LogP contribution in [0.3, 0.4) is 0 Å². The third-order valence-corrected chi connectivity index (χ3v) is 4.71. The van der Waals surface area contributed by atoms with Gasteiger partial charge in [0.25, 0.3) is 5.91 Å². The first kappa shape index (κ1) is 15.7. The molecule has 1 N–H and O–H groups in total. The summed E-state index contributed by atoms with van der Waals surface area (Å²) in [6, 6.07) is 9.31. The molecule has 1 aromatic carbocycles. The zero-order chi connectivity index (χ0) is 17.2. The number of hydrogen-bond donors (Lipinski definition) is 1. The number of aromatic nitrogens is 1. The first-order valence-electron chi connectivity index (χ1n) is 8.61. The minimum Gasteiger partial charge on any atom is -0.454 e. The molecule has 1 amide bonds. The average molecular weight is 339 g/mol. The topological polar surface area (TPSA) is 63.7 Å². The van der Waals surface area contributed by atoms with Crippen molar-refractivity contribution >= 4 is 17.3 Å².